The SMILES string of the molecule is CC1C[C@H](C(=O)N(C)C2CCC(C)(C)CC2)[C@H](C(=O)O)C1. The van der Waals surface area contributed by atoms with E-state index in [0.717, 1.165) is 32.1 Å². The smallest absolute Gasteiger partial charge is 0.307 e. The summed E-state index contributed by atoms with van der Waals surface area (Å²) >= 11 is 0. The number of carbonyl (C=O) groups excluding carboxylic acids is 1. The van der Waals surface area contributed by atoms with Crippen LogP contribution in [0.25, 0.3) is 0 Å². The third kappa shape index (κ3) is 3.58. The molecule has 0 heterocycles. The van der Waals surface area contributed by atoms with E-state index in [1.54, 1.807) is 0 Å². The zero-order valence-corrected chi connectivity index (χ0v) is 13.8. The molecule has 1 N–H and O–H groups in total. The molecule has 0 bridgehead atoms. The van der Waals surface area contributed by atoms with E-state index in [0.29, 0.717) is 17.8 Å². The van der Waals surface area contributed by atoms with Crippen LogP contribution >= 0.6 is 0 Å². The predicted octanol–water partition coefficient (Wildman–Crippen LogP) is 3.16. The molecule has 0 saturated heterocycles. The van der Waals surface area contributed by atoms with Crippen LogP contribution in [0.2, 0.25) is 0 Å². The van der Waals surface area contributed by atoms with Gasteiger partial charge >= 0.3 is 5.97 Å². The van der Waals surface area contributed by atoms with E-state index < -0.39 is 11.9 Å². The van der Waals surface area contributed by atoms with Gasteiger partial charge in [-0.25, -0.2) is 0 Å². The minimum absolute atomic E-state index is 0.0523. The van der Waals surface area contributed by atoms with Crippen molar-refractivity contribution >= 4 is 11.9 Å². The molecule has 0 aliphatic heterocycles. The number of aliphatic carboxylic acids is 1. The van der Waals surface area contributed by atoms with Gasteiger partial charge in [-0.1, -0.05) is 20.8 Å². The van der Waals surface area contributed by atoms with Crippen LogP contribution in [-0.4, -0.2) is 35.0 Å². The summed E-state index contributed by atoms with van der Waals surface area (Å²) in [6.07, 6.45) is 5.71. The number of nitrogens with zero attached hydrogens (tertiary/aromatic N) is 1. The highest BCUT2D eigenvalue weighted by Gasteiger charge is 2.43. The van der Waals surface area contributed by atoms with Crippen LogP contribution in [0, 0.1) is 23.2 Å². The molecule has 2 rings (SSSR count). The summed E-state index contributed by atoms with van der Waals surface area (Å²) in [5.41, 5.74) is 0.381. The van der Waals surface area contributed by atoms with Crippen LogP contribution in [0.3, 0.4) is 0 Å². The van der Waals surface area contributed by atoms with Gasteiger partial charge in [0.15, 0.2) is 0 Å². The van der Waals surface area contributed by atoms with Crippen LogP contribution in [0.15, 0.2) is 0 Å². The fourth-order valence-electron chi connectivity index (χ4n) is 4.05. The lowest BCUT2D eigenvalue weighted by molar-refractivity contribution is -0.149. The van der Waals surface area contributed by atoms with Crippen molar-refractivity contribution in [3.63, 3.8) is 0 Å². The number of hydrogen-bond donors (Lipinski definition) is 1. The first kappa shape index (κ1) is 16.3. The molecule has 2 fully saturated rings. The van der Waals surface area contributed by atoms with Gasteiger partial charge in [0.25, 0.3) is 0 Å². The first-order valence-corrected chi connectivity index (χ1v) is 8.21. The van der Waals surface area contributed by atoms with Crippen molar-refractivity contribution in [3.8, 4) is 0 Å². The number of carboxylic acid groups (broad SMARTS) is 1. The number of hydrogen-bond acceptors (Lipinski definition) is 2. The molecule has 0 aromatic heterocycles. The second-order valence-electron chi connectivity index (χ2n) is 7.97. The Labute approximate surface area is 127 Å². The molecule has 0 radical (unpaired) electrons. The second kappa shape index (κ2) is 5.98. The molecule has 0 aromatic carbocycles. The lowest BCUT2D eigenvalue weighted by Crippen LogP contribution is -2.45. The molecule has 4 nitrogen and oxygen atoms in total. The summed E-state index contributed by atoms with van der Waals surface area (Å²) in [6, 6.07) is 0.288. The van der Waals surface area contributed by atoms with E-state index in [4.69, 9.17) is 0 Å². The molecular weight excluding hydrogens is 266 g/mol. The monoisotopic (exact) mass is 295 g/mol. The molecule has 4 heteroatoms. The zero-order chi connectivity index (χ0) is 15.8. The average Bonchev–Trinajstić information content (AvgIpc) is 2.79. The van der Waals surface area contributed by atoms with E-state index in [1.165, 1.54) is 0 Å². The molecule has 1 unspecified atom stereocenters. The fourth-order valence-corrected chi connectivity index (χ4v) is 4.05. The maximum Gasteiger partial charge on any atom is 0.307 e. The van der Waals surface area contributed by atoms with Crippen molar-refractivity contribution in [1.29, 1.82) is 0 Å². The molecule has 1 amide bonds. The van der Waals surface area contributed by atoms with Crippen LogP contribution in [-0.2, 0) is 9.59 Å². The second-order valence-corrected chi connectivity index (χ2v) is 7.97. The van der Waals surface area contributed by atoms with Crippen LogP contribution in [0.1, 0.15) is 59.3 Å². The maximum atomic E-state index is 12.7. The van der Waals surface area contributed by atoms with Crippen molar-refractivity contribution in [2.75, 3.05) is 7.05 Å². The quantitative estimate of drug-likeness (QED) is 0.870. The lowest BCUT2D eigenvalue weighted by atomic mass is 9.75. The Morgan fingerprint density at radius 2 is 1.62 bits per heavy atom. The van der Waals surface area contributed by atoms with Crippen LogP contribution in [0.5, 0.6) is 0 Å². The fraction of sp³-hybridized carbons (Fsp3) is 0.882. The van der Waals surface area contributed by atoms with E-state index in [9.17, 15) is 14.7 Å². The Morgan fingerprint density at radius 3 is 2.14 bits per heavy atom. The minimum atomic E-state index is -0.809. The molecule has 120 valence electrons. The van der Waals surface area contributed by atoms with Crippen molar-refractivity contribution in [2.45, 2.75) is 65.3 Å². The Bertz CT molecular complexity index is 408. The molecule has 21 heavy (non-hydrogen) atoms. The summed E-state index contributed by atoms with van der Waals surface area (Å²) in [4.78, 5) is 26.0. The highest BCUT2D eigenvalue weighted by molar-refractivity contribution is 5.85. The average molecular weight is 295 g/mol. The third-order valence-corrected chi connectivity index (χ3v) is 5.64. The topological polar surface area (TPSA) is 57.6 Å². The summed E-state index contributed by atoms with van der Waals surface area (Å²) in [7, 11) is 1.87. The molecular formula is C17H29NO3. The molecule has 2 aliphatic rings. The predicted molar refractivity (Wildman–Crippen MR) is 81.8 cm³/mol. The molecule has 0 aromatic rings. The van der Waals surface area contributed by atoms with Gasteiger partial charge in [0.1, 0.15) is 0 Å². The summed E-state index contributed by atoms with van der Waals surface area (Å²) in [5, 5.41) is 9.34. The molecule has 0 spiro atoms. The highest BCUT2D eigenvalue weighted by atomic mass is 16.4. The number of carbonyl (C=O) groups is 2. The largest absolute Gasteiger partial charge is 0.481 e. The van der Waals surface area contributed by atoms with Crippen molar-refractivity contribution in [3.05, 3.63) is 0 Å². The van der Waals surface area contributed by atoms with Gasteiger partial charge < -0.3 is 10.0 Å². The Hall–Kier alpha value is -1.06. The number of carboxylic acids is 1. The summed E-state index contributed by atoms with van der Waals surface area (Å²) < 4.78 is 0. The van der Waals surface area contributed by atoms with Gasteiger partial charge in [-0.15, -0.1) is 0 Å². The molecule has 3 atom stereocenters. The van der Waals surface area contributed by atoms with E-state index >= 15 is 0 Å². The van der Waals surface area contributed by atoms with Crippen molar-refractivity contribution in [2.24, 2.45) is 23.2 Å². The van der Waals surface area contributed by atoms with Crippen LogP contribution in [0.4, 0.5) is 0 Å². The molecule has 2 aliphatic carbocycles. The first-order valence-electron chi connectivity index (χ1n) is 8.21. The van der Waals surface area contributed by atoms with Gasteiger partial charge in [-0.05, 0) is 49.9 Å². The van der Waals surface area contributed by atoms with Crippen molar-refractivity contribution < 1.29 is 14.7 Å². The normalized spacial score (nSPS) is 32.9. The Morgan fingerprint density at radius 1 is 1.10 bits per heavy atom. The van der Waals surface area contributed by atoms with Crippen LogP contribution < -0.4 is 0 Å². The molecule has 2 saturated carbocycles. The van der Waals surface area contributed by atoms with E-state index in [1.807, 2.05) is 18.9 Å². The number of rotatable bonds is 3. The van der Waals surface area contributed by atoms with Gasteiger partial charge in [0, 0.05) is 13.1 Å². The van der Waals surface area contributed by atoms with Crippen molar-refractivity contribution in [1.82, 2.24) is 4.90 Å². The van der Waals surface area contributed by atoms with Gasteiger partial charge in [-0.3, -0.25) is 9.59 Å². The van der Waals surface area contributed by atoms with Gasteiger partial charge in [-0.2, -0.15) is 0 Å². The zero-order valence-electron chi connectivity index (χ0n) is 13.8. The number of amides is 1. The lowest BCUT2D eigenvalue weighted by Gasteiger charge is -2.39. The van der Waals surface area contributed by atoms with Gasteiger partial charge in [0.05, 0.1) is 11.8 Å². The first-order chi connectivity index (χ1) is 9.71. The van der Waals surface area contributed by atoms with E-state index in [2.05, 4.69) is 13.8 Å². The standard InChI is InChI=1S/C17H29NO3/c1-11-9-13(14(10-11)16(20)21)15(19)18(4)12-5-7-17(2,3)8-6-12/h11-14H,5-10H2,1-4H3,(H,20,21)/t11?,13-,14+/m0/s1. The summed E-state index contributed by atoms with van der Waals surface area (Å²) in [6.45, 7) is 6.61. The Kier molecular flexibility index (Phi) is 4.64. The van der Waals surface area contributed by atoms with Gasteiger partial charge in [0.2, 0.25) is 5.91 Å². The third-order valence-electron chi connectivity index (χ3n) is 5.64. The summed E-state index contributed by atoms with van der Waals surface area (Å²) in [5.74, 6) is -1.24. The minimum Gasteiger partial charge on any atom is -0.481 e. The highest BCUT2D eigenvalue weighted by Crippen LogP contribution is 2.40. The Balaban J connectivity index is 2.00. The maximum absolute atomic E-state index is 12.7. The van der Waals surface area contributed by atoms with E-state index in [-0.39, 0.29) is 17.9 Å².